The molecule has 40 heavy (non-hydrogen) atoms. The fourth-order valence-corrected chi connectivity index (χ4v) is 4.30. The van der Waals surface area contributed by atoms with Crippen molar-refractivity contribution in [3.8, 4) is 5.75 Å². The van der Waals surface area contributed by atoms with Crippen molar-refractivity contribution in [2.45, 2.75) is 11.8 Å². The van der Waals surface area contributed by atoms with Crippen molar-refractivity contribution >= 4 is 55.0 Å². The van der Waals surface area contributed by atoms with Gasteiger partial charge in [-0.2, -0.15) is 28.9 Å². The van der Waals surface area contributed by atoms with Crippen LogP contribution < -0.4 is 0 Å². The highest BCUT2D eigenvalue weighted by Gasteiger charge is 2.14. The summed E-state index contributed by atoms with van der Waals surface area (Å²) in [5.74, 6) is 0.110. The van der Waals surface area contributed by atoms with Crippen LogP contribution in [0.5, 0.6) is 5.75 Å². The van der Waals surface area contributed by atoms with Gasteiger partial charge in [-0.15, -0.1) is 10.2 Å². The van der Waals surface area contributed by atoms with Crippen LogP contribution in [0.1, 0.15) is 5.56 Å². The van der Waals surface area contributed by atoms with Crippen molar-refractivity contribution in [3.05, 3.63) is 109 Å². The van der Waals surface area contributed by atoms with Crippen LogP contribution in [0.15, 0.2) is 139 Å². The quantitative estimate of drug-likeness (QED) is 0.153. The van der Waals surface area contributed by atoms with E-state index < -0.39 is 10.1 Å². The molecule has 0 spiro atoms. The third kappa shape index (κ3) is 6.29. The fraction of sp³-hybridized carbons (Fsp3) is 0.0345. The van der Waals surface area contributed by atoms with Crippen molar-refractivity contribution in [2.24, 2.45) is 30.7 Å². The molecule has 0 bridgehead atoms. The lowest BCUT2D eigenvalue weighted by Crippen LogP contribution is -1.97. The van der Waals surface area contributed by atoms with Gasteiger partial charge in [-0.25, -0.2) is 0 Å². The van der Waals surface area contributed by atoms with Crippen LogP contribution in [0, 0.1) is 6.92 Å². The summed E-state index contributed by atoms with van der Waals surface area (Å²) in [7, 11) is -4.46. The van der Waals surface area contributed by atoms with E-state index in [1.54, 1.807) is 36.4 Å². The number of phenols is 1. The third-order valence-electron chi connectivity index (χ3n) is 5.85. The number of aryl methyl sites for hydroxylation is 1. The summed E-state index contributed by atoms with van der Waals surface area (Å²) in [6.07, 6.45) is 0. The van der Waals surface area contributed by atoms with Crippen molar-refractivity contribution < 1.29 is 18.1 Å². The number of benzene rings is 5. The molecule has 0 saturated heterocycles. The molecule has 0 aromatic heterocycles. The van der Waals surface area contributed by atoms with Gasteiger partial charge in [0.1, 0.15) is 5.75 Å². The molecular formula is C29H22N6O4S. The molecule has 0 amide bonds. The maximum Gasteiger partial charge on any atom is 0.294 e. The Hall–Kier alpha value is -5.13. The Kier molecular flexibility index (Phi) is 7.49. The number of hydrogen-bond donors (Lipinski definition) is 2. The first kappa shape index (κ1) is 26.5. The summed E-state index contributed by atoms with van der Waals surface area (Å²) >= 11 is 0. The molecule has 0 radical (unpaired) electrons. The van der Waals surface area contributed by atoms with E-state index in [0.717, 1.165) is 11.3 Å². The van der Waals surface area contributed by atoms with Gasteiger partial charge in [0.05, 0.1) is 39.0 Å². The molecule has 2 N–H and O–H groups in total. The number of aromatic hydroxyl groups is 1. The van der Waals surface area contributed by atoms with Crippen LogP contribution in [0.25, 0.3) is 10.8 Å². The molecule has 0 atom stereocenters. The average molecular weight is 551 g/mol. The van der Waals surface area contributed by atoms with E-state index in [9.17, 15) is 18.1 Å². The lowest BCUT2D eigenvalue weighted by molar-refractivity contribution is 0.475. The number of nitrogens with zero attached hydrogens (tertiary/aromatic N) is 6. The summed E-state index contributed by atoms with van der Waals surface area (Å²) in [5.41, 5.74) is 4.18. The van der Waals surface area contributed by atoms with Gasteiger partial charge in [0.15, 0.2) is 0 Å². The van der Waals surface area contributed by atoms with Gasteiger partial charge in [0.2, 0.25) is 0 Å². The molecule has 0 fully saturated rings. The minimum absolute atomic E-state index is 0.110. The highest BCUT2D eigenvalue weighted by Crippen LogP contribution is 2.37. The predicted molar refractivity (Wildman–Crippen MR) is 152 cm³/mol. The average Bonchev–Trinajstić information content (AvgIpc) is 2.95. The number of phenolic OH excluding ortho intramolecular Hbond substituents is 1. The minimum Gasteiger partial charge on any atom is -0.508 e. The summed E-state index contributed by atoms with van der Waals surface area (Å²) < 4.78 is 33.3. The zero-order valence-electron chi connectivity index (χ0n) is 21.1. The summed E-state index contributed by atoms with van der Waals surface area (Å²) in [6, 6.07) is 28.4. The molecule has 11 heteroatoms. The van der Waals surface area contributed by atoms with Gasteiger partial charge in [-0.1, -0.05) is 24.3 Å². The molecule has 5 aromatic rings. The van der Waals surface area contributed by atoms with Crippen molar-refractivity contribution in [3.63, 3.8) is 0 Å². The Balaban J connectivity index is 1.48. The molecule has 5 aromatic carbocycles. The minimum atomic E-state index is -4.46. The highest BCUT2D eigenvalue weighted by atomic mass is 32.2. The monoisotopic (exact) mass is 550 g/mol. The first-order chi connectivity index (χ1) is 19.3. The van der Waals surface area contributed by atoms with Crippen LogP contribution in [-0.2, 0) is 10.1 Å². The highest BCUT2D eigenvalue weighted by molar-refractivity contribution is 7.85. The first-order valence-corrected chi connectivity index (χ1v) is 13.4. The fourth-order valence-electron chi connectivity index (χ4n) is 3.79. The predicted octanol–water partition coefficient (Wildman–Crippen LogP) is 9.35. The second kappa shape index (κ2) is 11.3. The van der Waals surface area contributed by atoms with Gasteiger partial charge < -0.3 is 5.11 Å². The number of fused-ring (bicyclic) bond motifs is 1. The lowest BCUT2D eigenvalue weighted by Gasteiger charge is -2.07. The van der Waals surface area contributed by atoms with Crippen LogP contribution in [0.4, 0.5) is 34.1 Å². The second-order valence-corrected chi connectivity index (χ2v) is 10.1. The molecule has 0 heterocycles. The molecule has 0 aliphatic carbocycles. The molecule has 0 unspecified atom stereocenters. The number of azo groups is 3. The SMILES string of the molecule is Cc1cc(N=Nc2ccc(N=Nc3ccc(O)cc3)c3ccc(S(=O)(=O)O)cc23)ccc1N=Nc1ccccc1. The van der Waals surface area contributed by atoms with Gasteiger partial charge >= 0.3 is 0 Å². The lowest BCUT2D eigenvalue weighted by atomic mass is 10.1. The second-order valence-electron chi connectivity index (χ2n) is 8.71. The van der Waals surface area contributed by atoms with Gasteiger partial charge in [-0.3, -0.25) is 4.55 Å². The van der Waals surface area contributed by atoms with E-state index in [1.807, 2.05) is 43.3 Å². The van der Waals surface area contributed by atoms with Crippen LogP contribution in [-0.4, -0.2) is 18.1 Å². The summed E-state index contributed by atoms with van der Waals surface area (Å²) in [6.45, 7) is 1.89. The Bertz CT molecular complexity index is 1890. The van der Waals surface area contributed by atoms with Gasteiger partial charge in [0, 0.05) is 10.8 Å². The van der Waals surface area contributed by atoms with Crippen LogP contribution in [0.2, 0.25) is 0 Å². The van der Waals surface area contributed by atoms with Crippen molar-refractivity contribution in [1.29, 1.82) is 0 Å². The van der Waals surface area contributed by atoms with E-state index in [0.29, 0.717) is 39.2 Å². The Labute approximate surface area is 229 Å². The zero-order valence-corrected chi connectivity index (χ0v) is 21.9. The Morgan fingerprint density at radius 1 is 0.550 bits per heavy atom. The molecule has 0 aliphatic rings. The Morgan fingerprint density at radius 3 is 1.75 bits per heavy atom. The largest absolute Gasteiger partial charge is 0.508 e. The maximum atomic E-state index is 11.8. The van der Waals surface area contributed by atoms with E-state index >= 15 is 0 Å². The first-order valence-electron chi connectivity index (χ1n) is 12.0. The number of rotatable bonds is 7. The molecule has 0 saturated carbocycles. The van der Waals surface area contributed by atoms with E-state index in [4.69, 9.17) is 0 Å². The molecular weight excluding hydrogens is 528 g/mol. The zero-order chi connectivity index (χ0) is 28.1. The van der Waals surface area contributed by atoms with Crippen molar-refractivity contribution in [2.75, 3.05) is 0 Å². The normalized spacial score (nSPS) is 12.2. The van der Waals surface area contributed by atoms with Crippen LogP contribution in [0.3, 0.4) is 0 Å². The maximum absolute atomic E-state index is 11.8. The number of hydrogen-bond acceptors (Lipinski definition) is 9. The topological polar surface area (TPSA) is 149 Å². The van der Waals surface area contributed by atoms with E-state index in [-0.39, 0.29) is 10.6 Å². The standard InChI is InChI=1S/C29H22N6O4S/c1-19-17-22(9-14-27(19)33-30-20-5-3-2-4-6-20)32-35-29-16-15-28(34-31-21-7-10-23(36)11-8-21)25-13-12-24(18-26(25)29)40(37,38)39/h2-18,36H,1H3,(H,37,38,39). The Morgan fingerprint density at radius 2 is 1.10 bits per heavy atom. The van der Waals surface area contributed by atoms with Gasteiger partial charge in [-0.05, 0) is 91.3 Å². The van der Waals surface area contributed by atoms with Gasteiger partial charge in [0.25, 0.3) is 10.1 Å². The van der Waals surface area contributed by atoms with Crippen molar-refractivity contribution in [1.82, 2.24) is 0 Å². The summed E-state index contributed by atoms with van der Waals surface area (Å²) in [5, 5.41) is 36.1. The third-order valence-corrected chi connectivity index (χ3v) is 6.70. The van der Waals surface area contributed by atoms with E-state index in [2.05, 4.69) is 30.7 Å². The molecule has 0 aliphatic heterocycles. The van der Waals surface area contributed by atoms with Crippen LogP contribution >= 0.6 is 0 Å². The summed E-state index contributed by atoms with van der Waals surface area (Å²) in [4.78, 5) is -0.284. The molecule has 5 rings (SSSR count). The smallest absolute Gasteiger partial charge is 0.294 e. The van der Waals surface area contributed by atoms with E-state index in [1.165, 1.54) is 30.3 Å². The molecule has 198 valence electrons. The molecule has 10 nitrogen and oxygen atoms in total.